The van der Waals surface area contributed by atoms with Gasteiger partial charge < -0.3 is 21.3 Å². The van der Waals surface area contributed by atoms with E-state index in [0.717, 1.165) is 6.07 Å². The van der Waals surface area contributed by atoms with Crippen molar-refractivity contribution >= 4 is 35.1 Å². The van der Waals surface area contributed by atoms with Crippen LogP contribution in [-0.4, -0.2) is 48.5 Å². The lowest BCUT2D eigenvalue weighted by atomic mass is 9.95. The summed E-state index contributed by atoms with van der Waals surface area (Å²) in [6.07, 6.45) is 0.928. The zero-order chi connectivity index (χ0) is 21.4. The maximum absolute atomic E-state index is 13.5. The Bertz CT molecular complexity index is 814. The molecule has 1 aliphatic rings. The zero-order valence-electron chi connectivity index (χ0n) is 15.9. The lowest BCUT2D eigenvalue weighted by Gasteiger charge is -2.19. The van der Waals surface area contributed by atoms with E-state index in [1.807, 2.05) is 0 Å². The van der Waals surface area contributed by atoms with Crippen LogP contribution >= 0.6 is 0 Å². The van der Waals surface area contributed by atoms with Gasteiger partial charge in [-0.15, -0.1) is 0 Å². The van der Waals surface area contributed by atoms with E-state index >= 15 is 0 Å². The van der Waals surface area contributed by atoms with Crippen LogP contribution in [0.15, 0.2) is 24.3 Å². The molecule has 0 spiro atoms. The van der Waals surface area contributed by atoms with E-state index in [2.05, 4.69) is 21.3 Å². The highest BCUT2D eigenvalue weighted by atomic mass is 19.1. The monoisotopic (exact) mass is 406 g/mol. The van der Waals surface area contributed by atoms with Crippen molar-refractivity contribution in [2.45, 2.75) is 32.2 Å². The third kappa shape index (κ3) is 6.37. The molecule has 1 aromatic carbocycles. The van der Waals surface area contributed by atoms with E-state index in [9.17, 15) is 28.4 Å². The Balaban J connectivity index is 1.85. The Morgan fingerprint density at radius 1 is 1.21 bits per heavy atom. The summed E-state index contributed by atoms with van der Waals surface area (Å²) < 4.78 is 13.5. The fourth-order valence-corrected chi connectivity index (χ4v) is 2.90. The first-order chi connectivity index (χ1) is 13.8. The first-order valence-corrected chi connectivity index (χ1v) is 9.25. The minimum Gasteiger partial charge on any atom is -0.356 e. The highest BCUT2D eigenvalue weighted by Gasteiger charge is 2.30. The summed E-state index contributed by atoms with van der Waals surface area (Å²) in [6.45, 7) is 1.62. The van der Waals surface area contributed by atoms with Crippen molar-refractivity contribution in [3.63, 3.8) is 0 Å². The van der Waals surface area contributed by atoms with Gasteiger partial charge in [0.25, 0.3) is 0 Å². The Morgan fingerprint density at radius 2 is 1.93 bits per heavy atom. The van der Waals surface area contributed by atoms with E-state index in [4.69, 9.17) is 0 Å². The van der Waals surface area contributed by atoms with Crippen LogP contribution in [0.2, 0.25) is 0 Å². The Labute approximate surface area is 166 Å². The van der Waals surface area contributed by atoms with Crippen LogP contribution < -0.4 is 21.3 Å². The van der Waals surface area contributed by atoms with Crippen LogP contribution in [0.1, 0.15) is 26.2 Å². The molecule has 9 nitrogen and oxygen atoms in total. The number of carbonyl (C=O) groups is 5. The molecule has 1 fully saturated rings. The standard InChI is InChI=1S/C19H23FN4O5/c1-2-15(25)14(9-11-7-8-21-17(11)27)23-16(26)10-22-18(28)19(29)24-13-6-4-3-5-12(13)20/h3-6,11,14H,2,7-10H2,1H3,(H,21,27)(H,22,28)(H,23,26)(H,24,29). The van der Waals surface area contributed by atoms with E-state index in [0.29, 0.717) is 13.0 Å². The summed E-state index contributed by atoms with van der Waals surface area (Å²) in [7, 11) is 0. The van der Waals surface area contributed by atoms with Crippen molar-refractivity contribution in [2.24, 2.45) is 5.92 Å². The Hall–Kier alpha value is -3.30. The van der Waals surface area contributed by atoms with Crippen LogP contribution in [-0.2, 0) is 24.0 Å². The lowest BCUT2D eigenvalue weighted by Crippen LogP contribution is -2.48. The number of nitrogens with one attached hydrogen (secondary N) is 4. The van der Waals surface area contributed by atoms with Gasteiger partial charge in [-0.2, -0.15) is 0 Å². The summed E-state index contributed by atoms with van der Waals surface area (Å²) in [6, 6.07) is 4.47. The second-order valence-corrected chi connectivity index (χ2v) is 6.57. The third-order valence-corrected chi connectivity index (χ3v) is 4.49. The molecule has 1 heterocycles. The van der Waals surface area contributed by atoms with Gasteiger partial charge in [-0.1, -0.05) is 19.1 Å². The smallest absolute Gasteiger partial charge is 0.313 e. The molecule has 0 radical (unpaired) electrons. The van der Waals surface area contributed by atoms with Gasteiger partial charge in [-0.05, 0) is 25.0 Å². The zero-order valence-corrected chi connectivity index (χ0v) is 15.9. The number of para-hydroxylation sites is 1. The Kier molecular flexibility index (Phi) is 7.81. The topological polar surface area (TPSA) is 133 Å². The second kappa shape index (κ2) is 10.3. The molecule has 29 heavy (non-hydrogen) atoms. The maximum Gasteiger partial charge on any atom is 0.313 e. The normalized spacial score (nSPS) is 16.5. The molecule has 2 rings (SSSR count). The number of hydrogen-bond donors (Lipinski definition) is 4. The van der Waals surface area contributed by atoms with Gasteiger partial charge in [-0.3, -0.25) is 24.0 Å². The van der Waals surface area contributed by atoms with Gasteiger partial charge in [0.15, 0.2) is 5.78 Å². The average molecular weight is 406 g/mol. The van der Waals surface area contributed by atoms with Crippen molar-refractivity contribution in [2.75, 3.05) is 18.4 Å². The van der Waals surface area contributed by atoms with Crippen molar-refractivity contribution in [1.29, 1.82) is 0 Å². The molecule has 4 amide bonds. The number of amides is 4. The quantitative estimate of drug-likeness (QED) is 0.447. The van der Waals surface area contributed by atoms with Crippen LogP contribution in [0.25, 0.3) is 0 Å². The summed E-state index contributed by atoms with van der Waals surface area (Å²) in [5, 5.41) is 9.37. The van der Waals surface area contributed by atoms with Crippen molar-refractivity contribution in [3.05, 3.63) is 30.1 Å². The molecule has 0 bridgehead atoms. The molecule has 4 N–H and O–H groups in total. The minimum absolute atomic E-state index is 0.161. The van der Waals surface area contributed by atoms with Gasteiger partial charge in [0, 0.05) is 18.9 Å². The average Bonchev–Trinajstić information content (AvgIpc) is 3.11. The number of Topliss-reactive ketones (excluding diaryl/α,β-unsaturated/α-hetero) is 1. The molecule has 0 saturated carbocycles. The maximum atomic E-state index is 13.5. The highest BCUT2D eigenvalue weighted by Crippen LogP contribution is 2.17. The number of hydrogen-bond acceptors (Lipinski definition) is 5. The number of carbonyl (C=O) groups excluding carboxylic acids is 5. The number of anilines is 1. The molecule has 1 aromatic rings. The molecule has 156 valence electrons. The van der Waals surface area contributed by atoms with Gasteiger partial charge in [0.1, 0.15) is 5.82 Å². The third-order valence-electron chi connectivity index (χ3n) is 4.49. The van der Waals surface area contributed by atoms with Gasteiger partial charge >= 0.3 is 11.8 Å². The van der Waals surface area contributed by atoms with E-state index in [1.54, 1.807) is 6.92 Å². The summed E-state index contributed by atoms with van der Waals surface area (Å²) in [4.78, 5) is 59.5. The van der Waals surface area contributed by atoms with Crippen LogP contribution in [0.3, 0.4) is 0 Å². The van der Waals surface area contributed by atoms with Crippen LogP contribution in [0.4, 0.5) is 10.1 Å². The summed E-state index contributed by atoms with van der Waals surface area (Å²) >= 11 is 0. The predicted molar refractivity (Wildman–Crippen MR) is 101 cm³/mol. The van der Waals surface area contributed by atoms with Crippen LogP contribution in [0, 0.1) is 11.7 Å². The fraction of sp³-hybridized carbons (Fsp3) is 0.421. The lowest BCUT2D eigenvalue weighted by molar-refractivity contribution is -0.137. The molecule has 10 heteroatoms. The van der Waals surface area contributed by atoms with Gasteiger partial charge in [0.2, 0.25) is 11.8 Å². The number of rotatable bonds is 8. The summed E-state index contributed by atoms with van der Waals surface area (Å²) in [5.74, 6) is -4.40. The SMILES string of the molecule is CCC(=O)C(CC1CCNC1=O)NC(=O)CNC(=O)C(=O)Nc1ccccc1F. The molecule has 1 aliphatic heterocycles. The number of halogens is 1. The fourth-order valence-electron chi connectivity index (χ4n) is 2.90. The molecule has 1 saturated heterocycles. The largest absolute Gasteiger partial charge is 0.356 e. The molecular formula is C19H23FN4O5. The molecule has 0 aromatic heterocycles. The van der Waals surface area contributed by atoms with Crippen LogP contribution in [0.5, 0.6) is 0 Å². The molecular weight excluding hydrogens is 383 g/mol. The van der Waals surface area contributed by atoms with Crippen molar-refractivity contribution in [1.82, 2.24) is 16.0 Å². The van der Waals surface area contributed by atoms with E-state index < -0.39 is 36.1 Å². The van der Waals surface area contributed by atoms with Crippen molar-refractivity contribution in [3.8, 4) is 0 Å². The summed E-state index contributed by atoms with van der Waals surface area (Å²) in [5.41, 5.74) is -0.166. The Morgan fingerprint density at radius 3 is 2.55 bits per heavy atom. The van der Waals surface area contributed by atoms with E-state index in [-0.39, 0.29) is 36.1 Å². The highest BCUT2D eigenvalue weighted by molar-refractivity contribution is 6.39. The van der Waals surface area contributed by atoms with Crippen molar-refractivity contribution < 1.29 is 28.4 Å². The van der Waals surface area contributed by atoms with Gasteiger partial charge in [0.05, 0.1) is 18.3 Å². The predicted octanol–water partition coefficient (Wildman–Crippen LogP) is -0.129. The van der Waals surface area contributed by atoms with Gasteiger partial charge in [-0.25, -0.2) is 4.39 Å². The second-order valence-electron chi connectivity index (χ2n) is 6.57. The number of benzene rings is 1. The molecule has 2 atom stereocenters. The molecule has 0 aliphatic carbocycles. The first kappa shape index (κ1) is 22.0. The first-order valence-electron chi connectivity index (χ1n) is 9.25. The molecule has 2 unspecified atom stereocenters. The minimum atomic E-state index is -1.13. The number of ketones is 1. The van der Waals surface area contributed by atoms with E-state index in [1.165, 1.54) is 18.2 Å².